The number of nitrogens with zero attached hydrogens (tertiary/aromatic N) is 2. The van der Waals surface area contributed by atoms with E-state index < -0.39 is 29.9 Å². The number of Topliss-reactive ketones (excluding diaryl/α,β-unsaturated/α-hetero) is 1. The van der Waals surface area contributed by atoms with Crippen molar-refractivity contribution in [1.82, 2.24) is 10.6 Å². The van der Waals surface area contributed by atoms with E-state index in [-0.39, 0.29) is 11.8 Å². The number of ketones is 1. The maximum atomic E-state index is 12.3. The highest BCUT2D eigenvalue weighted by atomic mass is 16.6. The molecule has 1 fully saturated rings. The maximum absolute atomic E-state index is 12.3. The summed E-state index contributed by atoms with van der Waals surface area (Å²) in [7, 11) is 0. The summed E-state index contributed by atoms with van der Waals surface area (Å²) in [6, 6.07) is -0.670. The SMILES string of the molecule is CC(C)CCNC(=O)[C@H](CC(C)C)NC(=O)[C@H]1O[C@@H]1C(=O)C=[N+]=[N-]. The minimum atomic E-state index is -0.940. The third-order valence-electron chi connectivity index (χ3n) is 3.58. The predicted octanol–water partition coefficient (Wildman–Crippen LogP) is 0.317. The van der Waals surface area contributed by atoms with Crippen LogP contribution in [0.1, 0.15) is 40.5 Å². The van der Waals surface area contributed by atoms with Gasteiger partial charge in [-0.15, -0.1) is 0 Å². The van der Waals surface area contributed by atoms with Gasteiger partial charge >= 0.3 is 6.21 Å². The molecule has 2 N–H and O–H groups in total. The topological polar surface area (TPSA) is 124 Å². The number of carbonyl (C=O) groups is 3. The molecule has 1 heterocycles. The molecule has 2 amide bonds. The zero-order chi connectivity index (χ0) is 18.3. The molecule has 24 heavy (non-hydrogen) atoms. The lowest BCUT2D eigenvalue weighted by Gasteiger charge is -2.20. The lowest BCUT2D eigenvalue weighted by atomic mass is 10.0. The maximum Gasteiger partial charge on any atom is 0.326 e. The fraction of sp³-hybridized carbons (Fsp3) is 0.750. The Balaban J connectivity index is 2.56. The first kappa shape index (κ1) is 20.0. The minimum Gasteiger partial charge on any atom is -0.361 e. The first-order chi connectivity index (χ1) is 11.3. The van der Waals surface area contributed by atoms with Crippen LogP contribution in [-0.2, 0) is 19.1 Å². The fourth-order valence-electron chi connectivity index (χ4n) is 2.22. The average molecular weight is 338 g/mol. The third-order valence-corrected chi connectivity index (χ3v) is 3.58. The summed E-state index contributed by atoms with van der Waals surface area (Å²) in [6.45, 7) is 8.60. The van der Waals surface area contributed by atoms with Gasteiger partial charge in [0.15, 0.2) is 12.2 Å². The Morgan fingerprint density at radius 2 is 1.83 bits per heavy atom. The van der Waals surface area contributed by atoms with E-state index in [1.807, 2.05) is 13.8 Å². The highest BCUT2D eigenvalue weighted by Gasteiger charge is 2.51. The molecule has 1 aliphatic rings. The summed E-state index contributed by atoms with van der Waals surface area (Å²) in [5, 5.41) is 5.46. The van der Waals surface area contributed by atoms with Gasteiger partial charge in [-0.1, -0.05) is 27.7 Å². The predicted molar refractivity (Wildman–Crippen MR) is 87.2 cm³/mol. The molecule has 0 aromatic heterocycles. The van der Waals surface area contributed by atoms with Crippen LogP contribution in [0.2, 0.25) is 0 Å². The molecule has 1 aliphatic heterocycles. The van der Waals surface area contributed by atoms with Crippen LogP contribution >= 0.6 is 0 Å². The van der Waals surface area contributed by atoms with E-state index in [0.29, 0.717) is 25.1 Å². The Hall–Kier alpha value is -2.05. The van der Waals surface area contributed by atoms with E-state index in [9.17, 15) is 14.4 Å². The average Bonchev–Trinajstić information content (AvgIpc) is 3.26. The van der Waals surface area contributed by atoms with Gasteiger partial charge in [-0.05, 0) is 24.7 Å². The second-order valence-corrected chi connectivity index (χ2v) is 6.79. The standard InChI is InChI=1S/C16H26N4O4/c1-9(2)5-6-18-15(22)11(7-10(3)4)20-16(23)14-13(24-14)12(21)8-19-17/h8-11,13-14H,5-7H2,1-4H3,(H,18,22)(H,20,23)/t11-,13+,14-/m0/s1. The van der Waals surface area contributed by atoms with Crippen LogP contribution in [0.4, 0.5) is 0 Å². The van der Waals surface area contributed by atoms with Crippen LogP contribution < -0.4 is 10.6 Å². The van der Waals surface area contributed by atoms with Crippen LogP contribution in [0.25, 0.3) is 5.53 Å². The molecule has 0 radical (unpaired) electrons. The molecule has 0 bridgehead atoms. The number of hydrogen-bond donors (Lipinski definition) is 2. The molecular formula is C16H26N4O4. The van der Waals surface area contributed by atoms with Crippen molar-refractivity contribution in [1.29, 1.82) is 0 Å². The Bertz CT molecular complexity index is 526. The zero-order valence-corrected chi connectivity index (χ0v) is 14.6. The van der Waals surface area contributed by atoms with Gasteiger partial charge in [0, 0.05) is 6.54 Å². The van der Waals surface area contributed by atoms with E-state index in [1.165, 1.54) is 0 Å². The highest BCUT2D eigenvalue weighted by molar-refractivity contribution is 6.29. The Morgan fingerprint density at radius 3 is 2.38 bits per heavy atom. The fourth-order valence-corrected chi connectivity index (χ4v) is 2.22. The van der Waals surface area contributed by atoms with E-state index in [4.69, 9.17) is 10.3 Å². The van der Waals surface area contributed by atoms with Crippen LogP contribution in [0.5, 0.6) is 0 Å². The molecule has 1 saturated heterocycles. The van der Waals surface area contributed by atoms with Gasteiger partial charge < -0.3 is 20.9 Å². The van der Waals surface area contributed by atoms with Gasteiger partial charge in [-0.3, -0.25) is 14.4 Å². The molecule has 0 unspecified atom stereocenters. The minimum absolute atomic E-state index is 0.213. The summed E-state index contributed by atoms with van der Waals surface area (Å²) in [6.07, 6.45) is 0.167. The first-order valence-electron chi connectivity index (χ1n) is 8.21. The lowest BCUT2D eigenvalue weighted by molar-refractivity contribution is -0.130. The van der Waals surface area contributed by atoms with Crippen molar-refractivity contribution in [3.05, 3.63) is 5.53 Å². The molecular weight excluding hydrogens is 312 g/mol. The third kappa shape index (κ3) is 6.60. The summed E-state index contributed by atoms with van der Waals surface area (Å²) in [4.78, 5) is 38.4. The van der Waals surface area contributed by atoms with Gasteiger partial charge in [-0.2, -0.15) is 4.79 Å². The molecule has 0 aromatic carbocycles. The van der Waals surface area contributed by atoms with E-state index in [1.54, 1.807) is 0 Å². The number of amides is 2. The Labute approximate surface area is 141 Å². The summed E-state index contributed by atoms with van der Waals surface area (Å²) in [5.74, 6) is -0.643. The van der Waals surface area contributed by atoms with Crippen LogP contribution in [0, 0.1) is 11.8 Å². The van der Waals surface area contributed by atoms with Crippen LogP contribution in [0.3, 0.4) is 0 Å². The van der Waals surface area contributed by atoms with Crippen molar-refractivity contribution < 1.29 is 23.9 Å². The lowest BCUT2D eigenvalue weighted by Crippen LogP contribution is -2.49. The second-order valence-electron chi connectivity index (χ2n) is 6.79. The molecule has 0 spiro atoms. The smallest absolute Gasteiger partial charge is 0.326 e. The van der Waals surface area contributed by atoms with Crippen molar-refractivity contribution in [2.45, 2.75) is 58.8 Å². The van der Waals surface area contributed by atoms with Gasteiger partial charge in [0.25, 0.3) is 11.7 Å². The Kier molecular flexibility index (Phi) is 7.74. The number of rotatable bonds is 10. The molecule has 8 heteroatoms. The number of hydrogen-bond acceptors (Lipinski definition) is 4. The number of carbonyl (C=O) groups excluding carboxylic acids is 3. The molecule has 0 aliphatic carbocycles. The van der Waals surface area contributed by atoms with E-state index >= 15 is 0 Å². The normalized spacial score (nSPS) is 20.2. The van der Waals surface area contributed by atoms with Gasteiger partial charge in [0.2, 0.25) is 5.91 Å². The number of epoxide rings is 1. The van der Waals surface area contributed by atoms with Crippen molar-refractivity contribution in [3.63, 3.8) is 0 Å². The summed E-state index contributed by atoms with van der Waals surface area (Å²) in [5.41, 5.74) is 8.32. The van der Waals surface area contributed by atoms with Crippen LogP contribution in [0.15, 0.2) is 0 Å². The molecule has 1 rings (SSSR count). The van der Waals surface area contributed by atoms with Crippen molar-refractivity contribution in [3.8, 4) is 0 Å². The van der Waals surface area contributed by atoms with Crippen LogP contribution in [-0.4, -0.2) is 53.4 Å². The molecule has 134 valence electrons. The molecule has 8 nitrogen and oxygen atoms in total. The second kappa shape index (κ2) is 9.30. The summed E-state index contributed by atoms with van der Waals surface area (Å²) < 4.78 is 5.00. The molecule has 0 aromatic rings. The van der Waals surface area contributed by atoms with Crippen molar-refractivity contribution >= 4 is 23.8 Å². The van der Waals surface area contributed by atoms with Crippen molar-refractivity contribution in [2.24, 2.45) is 11.8 Å². The number of nitrogens with one attached hydrogen (secondary N) is 2. The molecule has 3 atom stereocenters. The number of ether oxygens (including phenoxy) is 1. The zero-order valence-electron chi connectivity index (χ0n) is 14.6. The quantitative estimate of drug-likeness (QED) is 0.257. The Morgan fingerprint density at radius 1 is 1.17 bits per heavy atom. The van der Waals surface area contributed by atoms with Gasteiger partial charge in [0.05, 0.1) is 0 Å². The van der Waals surface area contributed by atoms with E-state index in [2.05, 4.69) is 29.3 Å². The van der Waals surface area contributed by atoms with Crippen molar-refractivity contribution in [2.75, 3.05) is 6.54 Å². The van der Waals surface area contributed by atoms with Gasteiger partial charge in [-0.25, -0.2) is 0 Å². The van der Waals surface area contributed by atoms with Gasteiger partial charge in [0.1, 0.15) is 6.04 Å². The highest BCUT2D eigenvalue weighted by Crippen LogP contribution is 2.23. The summed E-state index contributed by atoms with van der Waals surface area (Å²) >= 11 is 0. The van der Waals surface area contributed by atoms with E-state index in [0.717, 1.165) is 6.42 Å². The molecule has 0 saturated carbocycles. The first-order valence-corrected chi connectivity index (χ1v) is 8.21. The largest absolute Gasteiger partial charge is 0.361 e. The monoisotopic (exact) mass is 338 g/mol.